The molecule has 0 radical (unpaired) electrons. The number of carbonyl (C=O) groups is 3. The summed E-state index contributed by atoms with van der Waals surface area (Å²) in [6, 6.07) is 7.41. The number of anilines is 2. The smallest absolute Gasteiger partial charge is 0.244 e. The number of amides is 3. The summed E-state index contributed by atoms with van der Waals surface area (Å²) < 4.78 is 0. The zero-order chi connectivity index (χ0) is 17.3. The normalized spacial score (nSPS) is 23.2. The highest BCUT2D eigenvalue weighted by Gasteiger charge is 2.48. The van der Waals surface area contributed by atoms with Crippen LogP contribution < -0.4 is 10.2 Å². The quantitative estimate of drug-likeness (QED) is 0.856. The van der Waals surface area contributed by atoms with Crippen LogP contribution in [0.3, 0.4) is 0 Å². The number of nitrogens with zero attached hydrogens (tertiary/aromatic N) is 2. The fourth-order valence-corrected chi connectivity index (χ4v) is 3.57. The van der Waals surface area contributed by atoms with Crippen LogP contribution in [-0.4, -0.2) is 43.3 Å². The number of hydrogen-bond donors (Lipinski definition) is 1. The Labute approximate surface area is 141 Å². The first-order valence-corrected chi connectivity index (χ1v) is 8.40. The molecular formula is C18H23N3O3. The molecule has 1 aliphatic carbocycles. The van der Waals surface area contributed by atoms with Gasteiger partial charge < -0.3 is 10.2 Å². The third-order valence-electron chi connectivity index (χ3n) is 4.90. The van der Waals surface area contributed by atoms with Gasteiger partial charge in [0.25, 0.3) is 0 Å². The maximum atomic E-state index is 12.4. The van der Waals surface area contributed by atoms with Gasteiger partial charge in [-0.05, 0) is 37.1 Å². The monoisotopic (exact) mass is 329 g/mol. The van der Waals surface area contributed by atoms with Crippen molar-refractivity contribution >= 4 is 29.1 Å². The number of fused-ring (bicyclic) bond motifs is 1. The summed E-state index contributed by atoms with van der Waals surface area (Å²) >= 11 is 0. The van der Waals surface area contributed by atoms with E-state index in [0.29, 0.717) is 5.69 Å². The van der Waals surface area contributed by atoms with Crippen LogP contribution in [0.25, 0.3) is 0 Å². The second-order valence-electron chi connectivity index (χ2n) is 6.75. The van der Waals surface area contributed by atoms with Crippen LogP contribution >= 0.6 is 0 Å². The Morgan fingerprint density at radius 1 is 1.08 bits per heavy atom. The molecule has 1 aromatic carbocycles. The largest absolute Gasteiger partial charge is 0.378 e. The van der Waals surface area contributed by atoms with Crippen LogP contribution in [0.15, 0.2) is 24.3 Å². The molecule has 2 aliphatic rings. The van der Waals surface area contributed by atoms with Crippen molar-refractivity contribution in [3.63, 3.8) is 0 Å². The highest BCUT2D eigenvalue weighted by atomic mass is 16.2. The molecule has 1 saturated heterocycles. The number of carbonyl (C=O) groups excluding carboxylic acids is 3. The van der Waals surface area contributed by atoms with E-state index in [9.17, 15) is 14.4 Å². The predicted molar refractivity (Wildman–Crippen MR) is 91.6 cm³/mol. The Morgan fingerprint density at radius 2 is 1.62 bits per heavy atom. The summed E-state index contributed by atoms with van der Waals surface area (Å²) in [5, 5.41) is 2.75. The minimum atomic E-state index is -0.340. The van der Waals surface area contributed by atoms with Crippen LogP contribution in [-0.2, 0) is 14.4 Å². The first kappa shape index (κ1) is 16.5. The topological polar surface area (TPSA) is 69.7 Å². The Bertz CT molecular complexity index is 630. The van der Waals surface area contributed by atoms with Crippen molar-refractivity contribution in [2.75, 3.05) is 30.9 Å². The van der Waals surface area contributed by atoms with E-state index in [0.717, 1.165) is 36.3 Å². The lowest BCUT2D eigenvalue weighted by Crippen LogP contribution is -2.38. The molecule has 0 bridgehead atoms. The highest BCUT2D eigenvalue weighted by molar-refractivity contribution is 6.08. The maximum Gasteiger partial charge on any atom is 0.244 e. The van der Waals surface area contributed by atoms with Crippen molar-refractivity contribution < 1.29 is 14.4 Å². The summed E-state index contributed by atoms with van der Waals surface area (Å²) in [4.78, 5) is 40.1. The number of nitrogens with one attached hydrogen (secondary N) is 1. The van der Waals surface area contributed by atoms with Gasteiger partial charge in [-0.3, -0.25) is 19.3 Å². The molecule has 2 atom stereocenters. The minimum Gasteiger partial charge on any atom is -0.378 e. The fraction of sp³-hybridized carbons (Fsp3) is 0.500. The molecule has 3 rings (SSSR count). The van der Waals surface area contributed by atoms with Gasteiger partial charge in [-0.25, -0.2) is 0 Å². The van der Waals surface area contributed by atoms with Crippen LogP contribution in [0.1, 0.15) is 25.7 Å². The van der Waals surface area contributed by atoms with Crippen molar-refractivity contribution in [1.29, 1.82) is 0 Å². The van der Waals surface area contributed by atoms with Crippen molar-refractivity contribution in [3.05, 3.63) is 24.3 Å². The van der Waals surface area contributed by atoms with E-state index in [4.69, 9.17) is 0 Å². The average Bonchev–Trinajstić information content (AvgIpc) is 2.81. The minimum absolute atomic E-state index is 0.178. The number of benzene rings is 1. The SMILES string of the molecule is CN(C)c1ccc(NC(=O)CN2C(=O)[C@@H]3CCCC[C@H]3C2=O)cc1. The van der Waals surface area contributed by atoms with Gasteiger partial charge >= 0.3 is 0 Å². The molecule has 1 heterocycles. The van der Waals surface area contributed by atoms with Crippen LogP contribution in [0.2, 0.25) is 0 Å². The lowest BCUT2D eigenvalue weighted by Gasteiger charge is -2.19. The molecule has 24 heavy (non-hydrogen) atoms. The van der Waals surface area contributed by atoms with Gasteiger partial charge in [0.1, 0.15) is 6.54 Å². The Kier molecular flexibility index (Phi) is 4.55. The maximum absolute atomic E-state index is 12.4. The standard InChI is InChI=1S/C18H23N3O3/c1-20(2)13-9-7-12(8-10-13)19-16(22)11-21-17(23)14-5-3-4-6-15(14)18(21)24/h7-10,14-15H,3-6,11H2,1-2H3,(H,19,22)/t14-,15-/m1/s1. The van der Waals surface area contributed by atoms with Gasteiger partial charge in [0.15, 0.2) is 0 Å². The molecule has 1 saturated carbocycles. The van der Waals surface area contributed by atoms with E-state index in [2.05, 4.69) is 5.32 Å². The van der Waals surface area contributed by atoms with Crippen molar-refractivity contribution in [2.45, 2.75) is 25.7 Å². The molecule has 1 N–H and O–H groups in total. The molecule has 2 fully saturated rings. The molecule has 128 valence electrons. The number of hydrogen-bond acceptors (Lipinski definition) is 4. The molecule has 0 aromatic heterocycles. The Morgan fingerprint density at radius 3 is 2.12 bits per heavy atom. The van der Waals surface area contributed by atoms with Gasteiger partial charge in [-0.2, -0.15) is 0 Å². The zero-order valence-corrected chi connectivity index (χ0v) is 14.1. The van der Waals surface area contributed by atoms with Gasteiger partial charge in [0, 0.05) is 25.5 Å². The van der Waals surface area contributed by atoms with Crippen LogP contribution in [0.5, 0.6) is 0 Å². The fourth-order valence-electron chi connectivity index (χ4n) is 3.57. The summed E-state index contributed by atoms with van der Waals surface area (Å²) in [6.07, 6.45) is 3.50. The Balaban J connectivity index is 1.62. The third kappa shape index (κ3) is 3.13. The zero-order valence-electron chi connectivity index (χ0n) is 14.1. The second kappa shape index (κ2) is 6.63. The van der Waals surface area contributed by atoms with Crippen molar-refractivity contribution in [2.24, 2.45) is 11.8 Å². The van der Waals surface area contributed by atoms with E-state index in [-0.39, 0.29) is 36.1 Å². The lowest BCUT2D eigenvalue weighted by molar-refractivity contribution is -0.142. The number of imide groups is 1. The van der Waals surface area contributed by atoms with E-state index in [1.807, 2.05) is 31.1 Å². The van der Waals surface area contributed by atoms with E-state index >= 15 is 0 Å². The Hall–Kier alpha value is -2.37. The van der Waals surface area contributed by atoms with Crippen LogP contribution in [0.4, 0.5) is 11.4 Å². The van der Waals surface area contributed by atoms with Gasteiger partial charge in [-0.15, -0.1) is 0 Å². The molecule has 6 heteroatoms. The molecule has 0 unspecified atom stereocenters. The van der Waals surface area contributed by atoms with E-state index in [1.165, 1.54) is 0 Å². The first-order chi connectivity index (χ1) is 11.5. The third-order valence-corrected chi connectivity index (χ3v) is 4.90. The predicted octanol–water partition coefficient (Wildman–Crippen LogP) is 1.87. The number of likely N-dealkylation sites (tertiary alicyclic amines) is 1. The number of rotatable bonds is 4. The average molecular weight is 329 g/mol. The summed E-state index contributed by atoms with van der Waals surface area (Å²) in [7, 11) is 3.88. The lowest BCUT2D eigenvalue weighted by atomic mass is 9.81. The summed E-state index contributed by atoms with van der Waals surface area (Å²) in [6.45, 7) is -0.194. The molecule has 6 nitrogen and oxygen atoms in total. The van der Waals surface area contributed by atoms with Gasteiger partial charge in [0.2, 0.25) is 17.7 Å². The summed E-state index contributed by atoms with van der Waals surface area (Å²) in [5.41, 5.74) is 1.68. The van der Waals surface area contributed by atoms with Crippen LogP contribution in [0, 0.1) is 11.8 Å². The van der Waals surface area contributed by atoms with Gasteiger partial charge in [0.05, 0.1) is 11.8 Å². The molecule has 1 aliphatic heterocycles. The van der Waals surface area contributed by atoms with Crippen molar-refractivity contribution in [1.82, 2.24) is 4.90 Å². The van der Waals surface area contributed by atoms with E-state index < -0.39 is 0 Å². The molecule has 1 aromatic rings. The summed E-state index contributed by atoms with van der Waals surface area (Å²) in [5.74, 6) is -1.12. The molecule has 0 spiro atoms. The van der Waals surface area contributed by atoms with E-state index in [1.54, 1.807) is 12.1 Å². The molecule has 3 amide bonds. The first-order valence-electron chi connectivity index (χ1n) is 8.40. The highest BCUT2D eigenvalue weighted by Crippen LogP contribution is 2.37. The molecular weight excluding hydrogens is 306 g/mol. The second-order valence-corrected chi connectivity index (χ2v) is 6.75. The van der Waals surface area contributed by atoms with Crippen molar-refractivity contribution in [3.8, 4) is 0 Å². The van der Waals surface area contributed by atoms with Gasteiger partial charge in [-0.1, -0.05) is 12.8 Å².